The largest absolute Gasteiger partial charge is 0.332 e. The first-order valence-corrected chi connectivity index (χ1v) is 8.31. The zero-order valence-corrected chi connectivity index (χ0v) is 13.4. The van der Waals surface area contributed by atoms with Gasteiger partial charge in [-0.05, 0) is 43.5 Å². The third-order valence-electron chi connectivity index (χ3n) is 4.46. The summed E-state index contributed by atoms with van der Waals surface area (Å²) in [6, 6.07) is 13.6. The smallest absolute Gasteiger partial charge is 0.246 e. The third-order valence-corrected chi connectivity index (χ3v) is 4.46. The van der Waals surface area contributed by atoms with Crippen LogP contribution in [0, 0.1) is 0 Å². The van der Waals surface area contributed by atoms with Crippen molar-refractivity contribution in [2.45, 2.75) is 31.8 Å². The first-order chi connectivity index (χ1) is 11.8. The quantitative estimate of drug-likeness (QED) is 0.744. The average Bonchev–Trinajstić information content (AvgIpc) is 3.04. The van der Waals surface area contributed by atoms with Gasteiger partial charge in [0.1, 0.15) is 17.6 Å². The maximum Gasteiger partial charge on any atom is 0.246 e. The second-order valence-corrected chi connectivity index (χ2v) is 6.07. The molecule has 1 saturated heterocycles. The minimum Gasteiger partial charge on any atom is -0.332 e. The van der Waals surface area contributed by atoms with E-state index in [0.29, 0.717) is 0 Å². The lowest BCUT2D eigenvalue weighted by Gasteiger charge is -2.35. The molecule has 3 aromatic rings. The minimum atomic E-state index is 0.0469. The molecule has 1 fully saturated rings. The van der Waals surface area contributed by atoms with Crippen molar-refractivity contribution in [2.75, 3.05) is 6.54 Å². The van der Waals surface area contributed by atoms with Crippen LogP contribution in [0.15, 0.2) is 48.7 Å². The third kappa shape index (κ3) is 2.87. The lowest BCUT2D eigenvalue weighted by Crippen LogP contribution is -2.40. The molecule has 0 radical (unpaired) electrons. The zero-order valence-electron chi connectivity index (χ0n) is 13.4. The summed E-state index contributed by atoms with van der Waals surface area (Å²) >= 11 is 0. The van der Waals surface area contributed by atoms with Crippen LogP contribution in [-0.4, -0.2) is 37.3 Å². The molecule has 1 aliphatic heterocycles. The number of pyridine rings is 1. The summed E-state index contributed by atoms with van der Waals surface area (Å²) in [6.45, 7) is 0.929. The molecule has 0 bridgehead atoms. The van der Waals surface area contributed by atoms with Crippen molar-refractivity contribution in [3.05, 3.63) is 54.4 Å². The van der Waals surface area contributed by atoms with E-state index in [9.17, 15) is 4.79 Å². The van der Waals surface area contributed by atoms with Crippen LogP contribution >= 0.6 is 0 Å². The number of carbonyl (C=O) groups excluding carboxylic acids is 1. The number of likely N-dealkylation sites (tertiary alicyclic amines) is 1. The number of piperidine rings is 1. The van der Waals surface area contributed by atoms with Crippen LogP contribution in [-0.2, 0) is 11.3 Å². The monoisotopic (exact) mass is 321 g/mol. The Balaban J connectivity index is 1.55. The molecule has 1 amide bonds. The fourth-order valence-electron chi connectivity index (χ4n) is 3.30. The van der Waals surface area contributed by atoms with E-state index in [1.54, 1.807) is 6.20 Å². The van der Waals surface area contributed by atoms with Gasteiger partial charge in [0.2, 0.25) is 5.91 Å². The Morgan fingerprint density at radius 2 is 1.79 bits per heavy atom. The van der Waals surface area contributed by atoms with Gasteiger partial charge in [-0.25, -0.2) is 0 Å². The summed E-state index contributed by atoms with van der Waals surface area (Å²) < 4.78 is 0. The highest BCUT2D eigenvalue weighted by Gasteiger charge is 2.29. The van der Waals surface area contributed by atoms with Gasteiger partial charge in [-0.1, -0.05) is 18.2 Å². The van der Waals surface area contributed by atoms with Crippen molar-refractivity contribution < 1.29 is 4.79 Å². The van der Waals surface area contributed by atoms with Gasteiger partial charge >= 0.3 is 0 Å². The van der Waals surface area contributed by atoms with Gasteiger partial charge in [0, 0.05) is 12.7 Å². The van der Waals surface area contributed by atoms with E-state index in [1.165, 1.54) is 4.80 Å². The summed E-state index contributed by atoms with van der Waals surface area (Å²) in [5.74, 6) is 0.0469. The highest BCUT2D eigenvalue weighted by Crippen LogP contribution is 2.29. The van der Waals surface area contributed by atoms with Gasteiger partial charge in [0.25, 0.3) is 0 Å². The maximum atomic E-state index is 12.8. The Morgan fingerprint density at radius 3 is 2.50 bits per heavy atom. The summed E-state index contributed by atoms with van der Waals surface area (Å²) in [5, 5.41) is 8.78. The first-order valence-electron chi connectivity index (χ1n) is 8.31. The molecular formula is C18H19N5O. The molecular weight excluding hydrogens is 302 g/mol. The predicted octanol–water partition coefficient (Wildman–Crippen LogP) is 2.58. The molecule has 0 unspecified atom stereocenters. The normalized spacial score (nSPS) is 18.0. The average molecular weight is 321 g/mol. The van der Waals surface area contributed by atoms with Crippen LogP contribution in [0.25, 0.3) is 11.0 Å². The molecule has 0 spiro atoms. The number of carbonyl (C=O) groups is 1. The van der Waals surface area contributed by atoms with Crippen LogP contribution in [0.5, 0.6) is 0 Å². The standard InChI is InChI=1S/C18H19N5O/c24-18(13-23-20-14-7-1-2-8-15(14)21-23)22-12-6-4-10-17(22)16-9-3-5-11-19-16/h1-3,5,7-9,11,17H,4,6,10,12-13H2/t17-/m1/s1. The van der Waals surface area contributed by atoms with Gasteiger partial charge in [0.15, 0.2) is 0 Å². The fourth-order valence-corrected chi connectivity index (χ4v) is 3.30. The summed E-state index contributed by atoms with van der Waals surface area (Å²) in [5.41, 5.74) is 2.58. The number of aromatic nitrogens is 4. The Morgan fingerprint density at radius 1 is 1.04 bits per heavy atom. The van der Waals surface area contributed by atoms with E-state index in [1.807, 2.05) is 47.4 Å². The molecule has 0 saturated carbocycles. The number of hydrogen-bond donors (Lipinski definition) is 0. The van der Waals surface area contributed by atoms with Crippen molar-refractivity contribution in [3.63, 3.8) is 0 Å². The van der Waals surface area contributed by atoms with E-state index in [4.69, 9.17) is 0 Å². The Labute approximate surface area is 140 Å². The predicted molar refractivity (Wildman–Crippen MR) is 90.1 cm³/mol. The van der Waals surface area contributed by atoms with Crippen LogP contribution in [0.3, 0.4) is 0 Å². The fraction of sp³-hybridized carbons (Fsp3) is 0.333. The van der Waals surface area contributed by atoms with Crippen molar-refractivity contribution in [2.24, 2.45) is 0 Å². The SMILES string of the molecule is O=C(Cn1nc2ccccc2n1)N1CCCC[C@@H]1c1ccccn1. The van der Waals surface area contributed by atoms with Crippen LogP contribution in [0.2, 0.25) is 0 Å². The van der Waals surface area contributed by atoms with Crippen molar-refractivity contribution in [1.29, 1.82) is 0 Å². The Bertz CT molecular complexity index is 812. The number of benzene rings is 1. The second-order valence-electron chi connectivity index (χ2n) is 6.07. The van der Waals surface area contributed by atoms with Gasteiger partial charge in [0.05, 0.1) is 11.7 Å². The Hall–Kier alpha value is -2.76. The molecule has 1 aliphatic rings. The molecule has 122 valence electrons. The Kier molecular flexibility index (Phi) is 3.94. The summed E-state index contributed by atoms with van der Waals surface area (Å²) in [7, 11) is 0. The molecule has 0 aliphatic carbocycles. The van der Waals surface area contributed by atoms with Crippen molar-refractivity contribution in [3.8, 4) is 0 Å². The first kappa shape index (κ1) is 14.8. The van der Waals surface area contributed by atoms with E-state index >= 15 is 0 Å². The molecule has 0 N–H and O–H groups in total. The molecule has 2 aromatic heterocycles. The van der Waals surface area contributed by atoms with Crippen LogP contribution in [0.4, 0.5) is 0 Å². The molecule has 4 rings (SSSR count). The lowest BCUT2D eigenvalue weighted by molar-refractivity contribution is -0.136. The molecule has 1 atom stereocenters. The van der Waals surface area contributed by atoms with E-state index < -0.39 is 0 Å². The zero-order chi connectivity index (χ0) is 16.4. The van der Waals surface area contributed by atoms with Gasteiger partial charge in [-0.3, -0.25) is 9.78 Å². The molecule has 6 nitrogen and oxygen atoms in total. The maximum absolute atomic E-state index is 12.8. The topological polar surface area (TPSA) is 63.9 Å². The molecule has 1 aromatic carbocycles. The number of fused-ring (bicyclic) bond motifs is 1. The lowest BCUT2D eigenvalue weighted by atomic mass is 9.98. The van der Waals surface area contributed by atoms with Crippen LogP contribution < -0.4 is 0 Å². The van der Waals surface area contributed by atoms with Gasteiger partial charge in [-0.2, -0.15) is 15.0 Å². The van der Waals surface area contributed by atoms with Gasteiger partial charge < -0.3 is 4.90 Å². The van der Waals surface area contributed by atoms with E-state index in [-0.39, 0.29) is 18.5 Å². The second kappa shape index (κ2) is 6.39. The van der Waals surface area contributed by atoms with Crippen LogP contribution in [0.1, 0.15) is 31.0 Å². The van der Waals surface area contributed by atoms with E-state index in [0.717, 1.165) is 42.5 Å². The van der Waals surface area contributed by atoms with E-state index in [2.05, 4.69) is 15.2 Å². The molecule has 6 heteroatoms. The number of rotatable bonds is 3. The highest BCUT2D eigenvalue weighted by atomic mass is 16.2. The number of nitrogens with zero attached hydrogens (tertiary/aromatic N) is 5. The van der Waals surface area contributed by atoms with Crippen molar-refractivity contribution in [1.82, 2.24) is 24.9 Å². The summed E-state index contributed by atoms with van der Waals surface area (Å²) in [4.78, 5) is 20.7. The van der Waals surface area contributed by atoms with Gasteiger partial charge in [-0.15, -0.1) is 0 Å². The number of hydrogen-bond acceptors (Lipinski definition) is 4. The van der Waals surface area contributed by atoms with Crippen molar-refractivity contribution >= 4 is 16.9 Å². The highest BCUT2D eigenvalue weighted by molar-refractivity contribution is 5.77. The minimum absolute atomic E-state index is 0.0469. The number of amides is 1. The molecule has 3 heterocycles. The molecule has 24 heavy (non-hydrogen) atoms. The summed E-state index contributed by atoms with van der Waals surface area (Å²) in [6.07, 6.45) is 4.89.